The molecule has 0 saturated heterocycles. The third-order valence-electron chi connectivity index (χ3n) is 2.19. The molecule has 0 fully saturated rings. The van der Waals surface area contributed by atoms with Crippen LogP contribution in [0, 0.1) is 13.8 Å². The molecule has 5 nitrogen and oxygen atoms in total. The number of aryl methyl sites for hydroxylation is 3. The number of nitrogens with one attached hydrogen (secondary N) is 1. The van der Waals surface area contributed by atoms with E-state index in [2.05, 4.69) is 15.4 Å². The first-order valence-electron chi connectivity index (χ1n) is 5.40. The van der Waals surface area contributed by atoms with E-state index in [1.807, 2.05) is 25.3 Å². The molecule has 0 bridgehead atoms. The van der Waals surface area contributed by atoms with Gasteiger partial charge in [0.15, 0.2) is 4.34 Å². The molecule has 2 heterocycles. The number of carbonyl (C=O) groups excluding carboxylic acids is 1. The minimum absolute atomic E-state index is 0.0455. The fourth-order valence-electron chi connectivity index (χ4n) is 1.43. The largest absolute Gasteiger partial charge is 0.310 e. The van der Waals surface area contributed by atoms with Crippen molar-refractivity contribution in [3.63, 3.8) is 0 Å². The molecule has 7 heteroatoms. The van der Waals surface area contributed by atoms with Crippen LogP contribution in [0.5, 0.6) is 0 Å². The number of rotatable bonds is 4. The standard InChI is InChI=1S/C11H14N4OS2/c1-7-4-9(15(3)14-7)13-10(16)6-18-11-12-8(2)5-17-11/h4-5H,6H2,1-3H3,(H,13,16). The number of carbonyl (C=O) groups is 1. The Morgan fingerprint density at radius 2 is 2.28 bits per heavy atom. The first-order valence-corrected chi connectivity index (χ1v) is 7.26. The Kier molecular flexibility index (Phi) is 4.03. The van der Waals surface area contributed by atoms with E-state index in [1.165, 1.54) is 11.8 Å². The summed E-state index contributed by atoms with van der Waals surface area (Å²) in [6.45, 7) is 3.84. The summed E-state index contributed by atoms with van der Waals surface area (Å²) >= 11 is 3.01. The fourth-order valence-corrected chi connectivity index (χ4v) is 3.08. The molecular formula is C11H14N4OS2. The highest BCUT2D eigenvalue weighted by Crippen LogP contribution is 2.22. The van der Waals surface area contributed by atoms with Gasteiger partial charge in [0.25, 0.3) is 0 Å². The van der Waals surface area contributed by atoms with Crippen LogP contribution in [-0.2, 0) is 11.8 Å². The van der Waals surface area contributed by atoms with Crippen molar-refractivity contribution in [3.05, 3.63) is 22.8 Å². The normalized spacial score (nSPS) is 10.6. The maximum absolute atomic E-state index is 11.8. The van der Waals surface area contributed by atoms with Gasteiger partial charge in [-0.1, -0.05) is 11.8 Å². The van der Waals surface area contributed by atoms with E-state index >= 15 is 0 Å². The van der Waals surface area contributed by atoms with Gasteiger partial charge in [-0.3, -0.25) is 9.48 Å². The molecular weight excluding hydrogens is 268 g/mol. The van der Waals surface area contributed by atoms with Crippen LogP contribution >= 0.6 is 23.1 Å². The Morgan fingerprint density at radius 1 is 1.50 bits per heavy atom. The van der Waals surface area contributed by atoms with Crippen LogP contribution in [0.2, 0.25) is 0 Å². The molecule has 0 spiro atoms. The zero-order valence-electron chi connectivity index (χ0n) is 10.4. The highest BCUT2D eigenvalue weighted by molar-refractivity contribution is 8.01. The van der Waals surface area contributed by atoms with Crippen molar-refractivity contribution < 1.29 is 4.79 Å². The molecule has 0 aliphatic rings. The van der Waals surface area contributed by atoms with Gasteiger partial charge in [0.2, 0.25) is 5.91 Å². The van der Waals surface area contributed by atoms with E-state index in [-0.39, 0.29) is 5.91 Å². The van der Waals surface area contributed by atoms with Crippen molar-refractivity contribution in [1.29, 1.82) is 0 Å². The minimum Gasteiger partial charge on any atom is -0.310 e. The average Bonchev–Trinajstić information content (AvgIpc) is 2.83. The van der Waals surface area contributed by atoms with Gasteiger partial charge >= 0.3 is 0 Å². The highest BCUT2D eigenvalue weighted by Gasteiger charge is 2.08. The van der Waals surface area contributed by atoms with Gasteiger partial charge in [0, 0.05) is 24.2 Å². The second kappa shape index (κ2) is 5.53. The molecule has 0 aliphatic heterocycles. The molecule has 2 rings (SSSR count). The Morgan fingerprint density at radius 3 is 2.83 bits per heavy atom. The summed E-state index contributed by atoms with van der Waals surface area (Å²) in [7, 11) is 1.81. The van der Waals surface area contributed by atoms with E-state index in [9.17, 15) is 4.79 Å². The summed E-state index contributed by atoms with van der Waals surface area (Å²) in [5.41, 5.74) is 1.88. The van der Waals surface area contributed by atoms with Gasteiger partial charge in [-0.15, -0.1) is 11.3 Å². The molecule has 1 N–H and O–H groups in total. The van der Waals surface area contributed by atoms with Crippen LogP contribution in [0.25, 0.3) is 0 Å². The first-order chi connectivity index (χ1) is 8.54. The summed E-state index contributed by atoms with van der Waals surface area (Å²) in [6, 6.07) is 1.84. The SMILES string of the molecule is Cc1csc(SCC(=O)Nc2cc(C)nn2C)n1. The molecule has 0 saturated carbocycles. The number of thiazole rings is 1. The summed E-state index contributed by atoms with van der Waals surface area (Å²) in [5.74, 6) is 1.03. The van der Waals surface area contributed by atoms with Crippen molar-refractivity contribution in [2.45, 2.75) is 18.2 Å². The first kappa shape index (κ1) is 13.1. The maximum Gasteiger partial charge on any atom is 0.235 e. The molecule has 0 unspecified atom stereocenters. The second-order valence-electron chi connectivity index (χ2n) is 3.89. The number of aromatic nitrogens is 3. The summed E-state index contributed by atoms with van der Waals surface area (Å²) in [6.07, 6.45) is 0. The van der Waals surface area contributed by atoms with Crippen LogP contribution in [0.4, 0.5) is 5.82 Å². The third-order valence-corrected chi connectivity index (χ3v) is 4.33. The van der Waals surface area contributed by atoms with Gasteiger partial charge in [-0.25, -0.2) is 4.98 Å². The minimum atomic E-state index is -0.0455. The molecule has 0 aromatic carbocycles. The predicted octanol–water partition coefficient (Wildman–Crippen LogP) is 2.22. The molecule has 1 amide bonds. The lowest BCUT2D eigenvalue weighted by molar-refractivity contribution is -0.113. The average molecular weight is 282 g/mol. The van der Waals surface area contributed by atoms with Crippen molar-refractivity contribution in [2.24, 2.45) is 7.05 Å². The van der Waals surface area contributed by atoms with E-state index in [4.69, 9.17) is 0 Å². The second-order valence-corrected chi connectivity index (χ2v) is 5.97. The van der Waals surface area contributed by atoms with Gasteiger partial charge in [0.1, 0.15) is 5.82 Å². The number of hydrogen-bond donors (Lipinski definition) is 1. The Hall–Kier alpha value is -1.34. The molecule has 0 atom stereocenters. The molecule has 96 valence electrons. The monoisotopic (exact) mass is 282 g/mol. The van der Waals surface area contributed by atoms with E-state index < -0.39 is 0 Å². The van der Waals surface area contributed by atoms with Crippen LogP contribution in [0.3, 0.4) is 0 Å². The van der Waals surface area contributed by atoms with E-state index in [0.29, 0.717) is 11.6 Å². The Balaban J connectivity index is 1.87. The van der Waals surface area contributed by atoms with E-state index in [1.54, 1.807) is 23.1 Å². The number of amides is 1. The van der Waals surface area contributed by atoms with Crippen molar-refractivity contribution in [1.82, 2.24) is 14.8 Å². The van der Waals surface area contributed by atoms with Crippen LogP contribution in [-0.4, -0.2) is 26.4 Å². The quantitative estimate of drug-likeness (QED) is 0.874. The summed E-state index contributed by atoms with van der Waals surface area (Å²) in [5, 5.41) is 8.97. The number of thioether (sulfide) groups is 1. The number of hydrogen-bond acceptors (Lipinski definition) is 5. The molecule has 0 radical (unpaired) electrons. The maximum atomic E-state index is 11.8. The summed E-state index contributed by atoms with van der Waals surface area (Å²) < 4.78 is 2.58. The topological polar surface area (TPSA) is 59.8 Å². The lowest BCUT2D eigenvalue weighted by atomic mass is 10.4. The lowest BCUT2D eigenvalue weighted by Gasteiger charge is -2.03. The van der Waals surface area contributed by atoms with Gasteiger partial charge < -0.3 is 5.32 Å². The third kappa shape index (κ3) is 3.33. The van der Waals surface area contributed by atoms with Crippen LogP contribution in [0.1, 0.15) is 11.4 Å². The highest BCUT2D eigenvalue weighted by atomic mass is 32.2. The van der Waals surface area contributed by atoms with Crippen LogP contribution < -0.4 is 5.32 Å². The number of anilines is 1. The predicted molar refractivity (Wildman–Crippen MR) is 74.1 cm³/mol. The fraction of sp³-hybridized carbons (Fsp3) is 0.364. The zero-order chi connectivity index (χ0) is 13.1. The van der Waals surface area contributed by atoms with Gasteiger partial charge in [-0.05, 0) is 13.8 Å². The smallest absolute Gasteiger partial charge is 0.235 e. The molecule has 2 aromatic heterocycles. The molecule has 18 heavy (non-hydrogen) atoms. The summed E-state index contributed by atoms with van der Waals surface area (Å²) in [4.78, 5) is 16.1. The zero-order valence-corrected chi connectivity index (χ0v) is 12.1. The molecule has 2 aromatic rings. The Labute approximate surface area is 114 Å². The Bertz CT molecular complexity index is 561. The van der Waals surface area contributed by atoms with Crippen molar-refractivity contribution in [2.75, 3.05) is 11.1 Å². The van der Waals surface area contributed by atoms with Gasteiger partial charge in [0.05, 0.1) is 11.4 Å². The van der Waals surface area contributed by atoms with Gasteiger partial charge in [-0.2, -0.15) is 5.10 Å². The molecule has 0 aliphatic carbocycles. The van der Waals surface area contributed by atoms with E-state index in [0.717, 1.165) is 15.7 Å². The van der Waals surface area contributed by atoms with Crippen molar-refractivity contribution in [3.8, 4) is 0 Å². The number of nitrogens with zero attached hydrogens (tertiary/aromatic N) is 3. The van der Waals surface area contributed by atoms with Crippen LogP contribution in [0.15, 0.2) is 15.8 Å². The lowest BCUT2D eigenvalue weighted by Crippen LogP contribution is -2.16. The van der Waals surface area contributed by atoms with Crippen molar-refractivity contribution >= 4 is 34.8 Å².